The number of benzene rings is 2. The van der Waals surface area contributed by atoms with Crippen LogP contribution in [0.15, 0.2) is 41.3 Å². The first-order valence-corrected chi connectivity index (χ1v) is 10.7. The number of carbonyl (C=O) groups excluding carboxylic acids is 2. The van der Waals surface area contributed by atoms with Gasteiger partial charge in [-0.3, -0.25) is 4.79 Å². The predicted octanol–water partition coefficient (Wildman–Crippen LogP) is 2.80. The Hall–Kier alpha value is -3.05. The Morgan fingerprint density at radius 1 is 1.03 bits per heavy atom. The maximum Gasteiger partial charge on any atom is 0.338 e. The van der Waals surface area contributed by atoms with Crippen molar-refractivity contribution in [3.8, 4) is 5.75 Å². The first-order chi connectivity index (χ1) is 14.6. The fourth-order valence-corrected chi connectivity index (χ4v) is 4.38. The second kappa shape index (κ2) is 10.3. The highest BCUT2D eigenvalue weighted by molar-refractivity contribution is 7.89. The number of carbonyl (C=O) groups is 2. The van der Waals surface area contributed by atoms with Crippen LogP contribution in [0.4, 0.5) is 14.5 Å². The molecule has 31 heavy (non-hydrogen) atoms. The zero-order valence-corrected chi connectivity index (χ0v) is 18.0. The van der Waals surface area contributed by atoms with Crippen molar-refractivity contribution in [1.29, 1.82) is 0 Å². The predicted molar refractivity (Wildman–Crippen MR) is 108 cm³/mol. The van der Waals surface area contributed by atoms with Gasteiger partial charge >= 0.3 is 5.97 Å². The van der Waals surface area contributed by atoms with Gasteiger partial charge < -0.3 is 14.8 Å². The van der Waals surface area contributed by atoms with Crippen molar-refractivity contribution in [1.82, 2.24) is 4.31 Å². The molecule has 11 heteroatoms. The summed E-state index contributed by atoms with van der Waals surface area (Å²) in [5.74, 6) is -3.50. The van der Waals surface area contributed by atoms with Crippen molar-refractivity contribution in [2.75, 3.05) is 32.1 Å². The summed E-state index contributed by atoms with van der Waals surface area (Å²) in [5, 5.41) is 2.20. The Morgan fingerprint density at radius 2 is 1.65 bits per heavy atom. The molecule has 0 aliphatic rings. The van der Waals surface area contributed by atoms with E-state index in [-0.39, 0.29) is 35.0 Å². The molecule has 0 fully saturated rings. The lowest BCUT2D eigenvalue weighted by atomic mass is 10.2. The lowest BCUT2D eigenvalue weighted by Gasteiger charge is -2.20. The van der Waals surface area contributed by atoms with Crippen LogP contribution in [-0.4, -0.2) is 51.4 Å². The van der Waals surface area contributed by atoms with E-state index in [4.69, 9.17) is 9.47 Å². The van der Waals surface area contributed by atoms with E-state index in [1.807, 2.05) is 0 Å². The monoisotopic (exact) mass is 456 g/mol. The van der Waals surface area contributed by atoms with Crippen LogP contribution in [0.5, 0.6) is 5.75 Å². The third kappa shape index (κ3) is 5.98. The Bertz CT molecular complexity index is 1050. The summed E-state index contributed by atoms with van der Waals surface area (Å²) in [7, 11) is -2.63. The van der Waals surface area contributed by atoms with E-state index in [9.17, 15) is 26.8 Å². The molecule has 0 aliphatic heterocycles. The van der Waals surface area contributed by atoms with Crippen LogP contribution in [0.3, 0.4) is 0 Å². The Balaban J connectivity index is 2.15. The fourth-order valence-electron chi connectivity index (χ4n) is 2.75. The summed E-state index contributed by atoms with van der Waals surface area (Å²) in [6.45, 7) is 3.04. The van der Waals surface area contributed by atoms with Gasteiger partial charge in [0.1, 0.15) is 22.3 Å². The van der Waals surface area contributed by atoms with Gasteiger partial charge in [-0.15, -0.1) is 0 Å². The number of methoxy groups -OCH3 is 1. The summed E-state index contributed by atoms with van der Waals surface area (Å²) in [6.07, 6.45) is 0. The standard InChI is InChI=1S/C20H22F2N2O6S/c1-4-24(5-2)31(27,28)18-8-13(6-7-17(18)29-3)20(26)30-12-19(25)23-16-10-14(21)9-15(22)11-16/h6-11H,4-5,12H2,1-3H3,(H,23,25). The molecule has 0 heterocycles. The lowest BCUT2D eigenvalue weighted by Crippen LogP contribution is -2.31. The molecule has 1 N–H and O–H groups in total. The van der Waals surface area contributed by atoms with Crippen LogP contribution in [0.1, 0.15) is 24.2 Å². The average Bonchev–Trinajstić information content (AvgIpc) is 2.71. The normalized spacial score (nSPS) is 11.3. The Labute approximate surface area is 178 Å². The van der Waals surface area contributed by atoms with E-state index in [0.29, 0.717) is 6.07 Å². The van der Waals surface area contributed by atoms with Crippen LogP contribution >= 0.6 is 0 Å². The first-order valence-electron chi connectivity index (χ1n) is 9.23. The van der Waals surface area contributed by atoms with E-state index < -0.39 is 40.1 Å². The van der Waals surface area contributed by atoms with Crippen LogP contribution < -0.4 is 10.1 Å². The fraction of sp³-hybridized carbons (Fsp3) is 0.300. The van der Waals surface area contributed by atoms with Gasteiger partial charge in [0, 0.05) is 24.8 Å². The minimum absolute atomic E-state index is 0.0503. The smallest absolute Gasteiger partial charge is 0.338 e. The summed E-state index contributed by atoms with van der Waals surface area (Å²) < 4.78 is 63.2. The molecule has 0 atom stereocenters. The molecule has 0 saturated carbocycles. The molecule has 2 aromatic rings. The van der Waals surface area contributed by atoms with Crippen molar-refractivity contribution < 1.29 is 36.3 Å². The number of esters is 1. The van der Waals surface area contributed by atoms with E-state index in [0.717, 1.165) is 18.2 Å². The number of halogens is 2. The Kier molecular flexibility index (Phi) is 8.06. The molecular formula is C20H22F2N2O6S. The molecule has 1 amide bonds. The zero-order chi connectivity index (χ0) is 23.2. The summed E-state index contributed by atoms with van der Waals surface area (Å²) in [5.41, 5.74) is -0.258. The number of sulfonamides is 1. The highest BCUT2D eigenvalue weighted by atomic mass is 32.2. The summed E-state index contributed by atoms with van der Waals surface area (Å²) >= 11 is 0. The third-order valence-corrected chi connectivity index (χ3v) is 6.27. The van der Waals surface area contributed by atoms with Gasteiger partial charge in [-0.2, -0.15) is 4.31 Å². The number of amides is 1. The molecule has 0 saturated heterocycles. The quantitative estimate of drug-likeness (QED) is 0.583. The first kappa shape index (κ1) is 24.2. The molecule has 0 aromatic heterocycles. The molecule has 0 bridgehead atoms. The van der Waals surface area contributed by atoms with Gasteiger partial charge in [0.05, 0.1) is 12.7 Å². The van der Waals surface area contributed by atoms with Gasteiger partial charge in [0.2, 0.25) is 10.0 Å². The van der Waals surface area contributed by atoms with Gasteiger partial charge in [-0.25, -0.2) is 22.0 Å². The number of anilines is 1. The minimum Gasteiger partial charge on any atom is -0.495 e. The maximum atomic E-state index is 13.2. The third-order valence-electron chi connectivity index (χ3n) is 4.20. The number of hydrogen-bond acceptors (Lipinski definition) is 6. The highest BCUT2D eigenvalue weighted by Crippen LogP contribution is 2.28. The van der Waals surface area contributed by atoms with Crippen LogP contribution in [-0.2, 0) is 19.6 Å². The molecule has 0 unspecified atom stereocenters. The minimum atomic E-state index is -3.93. The molecular weight excluding hydrogens is 434 g/mol. The molecule has 0 spiro atoms. The second-order valence-corrected chi connectivity index (χ2v) is 8.14. The van der Waals surface area contributed by atoms with Crippen LogP contribution in [0.2, 0.25) is 0 Å². The van der Waals surface area contributed by atoms with Crippen molar-refractivity contribution in [2.45, 2.75) is 18.7 Å². The number of rotatable bonds is 9. The van der Waals surface area contributed by atoms with Crippen molar-refractivity contribution in [3.05, 3.63) is 53.6 Å². The van der Waals surface area contributed by atoms with Gasteiger partial charge in [-0.05, 0) is 30.3 Å². The SMILES string of the molecule is CCN(CC)S(=O)(=O)c1cc(C(=O)OCC(=O)Nc2cc(F)cc(F)c2)ccc1OC. The van der Waals surface area contributed by atoms with Crippen LogP contribution in [0.25, 0.3) is 0 Å². The van der Waals surface area contributed by atoms with Crippen molar-refractivity contribution in [2.24, 2.45) is 0 Å². The highest BCUT2D eigenvalue weighted by Gasteiger charge is 2.27. The van der Waals surface area contributed by atoms with Crippen LogP contribution in [0, 0.1) is 11.6 Å². The summed E-state index contributed by atoms with van der Waals surface area (Å²) in [6, 6.07) is 6.15. The van der Waals surface area contributed by atoms with E-state index in [1.165, 1.54) is 23.5 Å². The number of nitrogens with zero attached hydrogens (tertiary/aromatic N) is 1. The largest absolute Gasteiger partial charge is 0.495 e. The average molecular weight is 456 g/mol. The lowest BCUT2D eigenvalue weighted by molar-refractivity contribution is -0.119. The van der Waals surface area contributed by atoms with Crippen molar-refractivity contribution >= 4 is 27.6 Å². The molecule has 2 rings (SSSR count). The van der Waals surface area contributed by atoms with Gasteiger partial charge in [0.25, 0.3) is 5.91 Å². The van der Waals surface area contributed by atoms with E-state index in [1.54, 1.807) is 13.8 Å². The molecule has 0 radical (unpaired) electrons. The second-order valence-electron chi connectivity index (χ2n) is 6.24. The molecule has 2 aromatic carbocycles. The molecule has 168 valence electrons. The summed E-state index contributed by atoms with van der Waals surface area (Å²) in [4.78, 5) is 24.0. The zero-order valence-electron chi connectivity index (χ0n) is 17.1. The number of nitrogens with one attached hydrogen (secondary N) is 1. The molecule has 8 nitrogen and oxygen atoms in total. The number of hydrogen-bond donors (Lipinski definition) is 1. The Morgan fingerprint density at radius 3 is 2.19 bits per heavy atom. The van der Waals surface area contributed by atoms with Gasteiger partial charge in [-0.1, -0.05) is 13.8 Å². The maximum absolute atomic E-state index is 13.2. The van der Waals surface area contributed by atoms with Crippen molar-refractivity contribution in [3.63, 3.8) is 0 Å². The number of ether oxygens (including phenoxy) is 2. The topological polar surface area (TPSA) is 102 Å². The van der Waals surface area contributed by atoms with E-state index >= 15 is 0 Å². The van der Waals surface area contributed by atoms with E-state index in [2.05, 4.69) is 5.32 Å². The molecule has 0 aliphatic carbocycles. The van der Waals surface area contributed by atoms with Gasteiger partial charge in [0.15, 0.2) is 6.61 Å².